The molecule has 4 aromatic heterocycles. The first-order valence-corrected chi connectivity index (χ1v) is 20.5. The summed E-state index contributed by atoms with van der Waals surface area (Å²) in [6.45, 7) is 0. The van der Waals surface area contributed by atoms with Gasteiger partial charge in [0, 0.05) is 49.1 Å². The van der Waals surface area contributed by atoms with E-state index in [1.54, 1.807) is 0 Å². The van der Waals surface area contributed by atoms with Gasteiger partial charge in [0.2, 0.25) is 5.95 Å². The van der Waals surface area contributed by atoms with E-state index in [9.17, 15) is 0 Å². The fourth-order valence-electron chi connectivity index (χ4n) is 9.38. The van der Waals surface area contributed by atoms with Gasteiger partial charge in [-0.15, -0.1) is 0 Å². The molecule has 13 rings (SSSR count). The largest absolute Gasteiger partial charge is 0.456 e. The third-order valence-corrected chi connectivity index (χ3v) is 12.2. The summed E-state index contributed by atoms with van der Waals surface area (Å²) in [5.74, 6) is 1.77. The molecule has 0 spiro atoms. The summed E-state index contributed by atoms with van der Waals surface area (Å²) in [5.41, 5.74) is 11.4. The van der Waals surface area contributed by atoms with Crippen LogP contribution in [0.3, 0.4) is 0 Å². The maximum atomic E-state index is 6.22. The highest BCUT2D eigenvalue weighted by Crippen LogP contribution is 2.39. The van der Waals surface area contributed by atoms with Crippen molar-refractivity contribution in [3.8, 4) is 45.5 Å². The van der Waals surface area contributed by atoms with Crippen molar-refractivity contribution in [3.05, 3.63) is 200 Å². The zero-order chi connectivity index (χ0) is 40.0. The second-order valence-electron chi connectivity index (χ2n) is 15.6. The highest BCUT2D eigenvalue weighted by molar-refractivity contribution is 6.19. The molecule has 61 heavy (non-hydrogen) atoms. The van der Waals surface area contributed by atoms with Gasteiger partial charge in [0.15, 0.2) is 11.6 Å². The molecule has 0 saturated heterocycles. The number of benzene rings is 9. The van der Waals surface area contributed by atoms with E-state index >= 15 is 0 Å². The summed E-state index contributed by atoms with van der Waals surface area (Å²) < 4.78 is 10.8. The van der Waals surface area contributed by atoms with Gasteiger partial charge in [-0.3, -0.25) is 4.57 Å². The first-order valence-electron chi connectivity index (χ1n) is 20.5. The van der Waals surface area contributed by atoms with Crippen LogP contribution >= 0.6 is 0 Å². The Bertz CT molecular complexity index is 3880. The average molecular weight is 780 g/mol. The molecule has 0 N–H and O–H groups in total. The first-order chi connectivity index (χ1) is 30.2. The van der Waals surface area contributed by atoms with Crippen molar-refractivity contribution < 1.29 is 4.42 Å². The van der Waals surface area contributed by atoms with Gasteiger partial charge in [-0.25, -0.2) is 4.98 Å². The smallest absolute Gasteiger partial charge is 0.238 e. The Morgan fingerprint density at radius 3 is 1.70 bits per heavy atom. The number of para-hydroxylation sites is 3. The molecule has 0 aliphatic rings. The summed E-state index contributed by atoms with van der Waals surface area (Å²) in [5, 5.41) is 9.12. The summed E-state index contributed by atoms with van der Waals surface area (Å²) in [6, 6.07) is 70.4. The molecule has 4 heterocycles. The summed E-state index contributed by atoms with van der Waals surface area (Å²) in [7, 11) is 0. The number of fused-ring (bicyclic) bond motifs is 11. The van der Waals surface area contributed by atoms with Gasteiger partial charge in [-0.1, -0.05) is 140 Å². The van der Waals surface area contributed by atoms with Gasteiger partial charge in [0.05, 0.1) is 22.1 Å². The highest BCUT2D eigenvalue weighted by atomic mass is 16.3. The second-order valence-corrected chi connectivity index (χ2v) is 15.6. The minimum Gasteiger partial charge on any atom is -0.456 e. The molecule has 0 fully saturated rings. The van der Waals surface area contributed by atoms with Crippen molar-refractivity contribution in [1.29, 1.82) is 0 Å². The van der Waals surface area contributed by atoms with Crippen molar-refractivity contribution in [1.82, 2.24) is 24.1 Å². The van der Waals surface area contributed by atoms with E-state index in [4.69, 9.17) is 19.4 Å². The molecule has 0 radical (unpaired) electrons. The lowest BCUT2D eigenvalue weighted by molar-refractivity contribution is 0.669. The Kier molecular flexibility index (Phi) is 7.21. The predicted molar refractivity (Wildman–Crippen MR) is 250 cm³/mol. The molecule has 13 aromatic rings. The van der Waals surface area contributed by atoms with Crippen LogP contribution < -0.4 is 0 Å². The lowest BCUT2D eigenvalue weighted by Crippen LogP contribution is -2.06. The third kappa shape index (κ3) is 5.19. The highest BCUT2D eigenvalue weighted by Gasteiger charge is 2.21. The topological polar surface area (TPSA) is 61.7 Å². The molecule has 6 heteroatoms. The van der Waals surface area contributed by atoms with Gasteiger partial charge < -0.3 is 8.98 Å². The molecular formula is C55H33N5O. The molecule has 0 amide bonds. The third-order valence-electron chi connectivity index (χ3n) is 12.2. The van der Waals surface area contributed by atoms with E-state index in [1.165, 1.54) is 21.9 Å². The lowest BCUT2D eigenvalue weighted by Gasteiger charge is -2.12. The Labute approximate surface area is 349 Å². The zero-order valence-electron chi connectivity index (χ0n) is 32.7. The van der Waals surface area contributed by atoms with Crippen LogP contribution in [0, 0.1) is 0 Å². The lowest BCUT2D eigenvalue weighted by atomic mass is 10.0. The van der Waals surface area contributed by atoms with Gasteiger partial charge in [0.1, 0.15) is 11.2 Å². The number of rotatable bonds is 5. The summed E-state index contributed by atoms with van der Waals surface area (Å²) in [6.07, 6.45) is 0. The maximum absolute atomic E-state index is 6.22. The molecule has 0 bridgehead atoms. The Hall–Kier alpha value is -8.35. The second kappa shape index (κ2) is 13.1. The molecule has 0 aliphatic heterocycles. The van der Waals surface area contributed by atoms with E-state index in [0.29, 0.717) is 17.6 Å². The van der Waals surface area contributed by atoms with Crippen molar-refractivity contribution in [2.75, 3.05) is 0 Å². The molecule has 0 unspecified atom stereocenters. The normalized spacial score (nSPS) is 11.9. The van der Waals surface area contributed by atoms with Crippen LogP contribution in [0.25, 0.3) is 122 Å². The quantitative estimate of drug-likeness (QED) is 0.175. The minimum atomic E-state index is 0.560. The van der Waals surface area contributed by atoms with Crippen LogP contribution in [0.15, 0.2) is 205 Å². The van der Waals surface area contributed by atoms with Crippen molar-refractivity contribution in [2.24, 2.45) is 0 Å². The van der Waals surface area contributed by atoms with Crippen LogP contribution in [0.2, 0.25) is 0 Å². The molecule has 284 valence electrons. The van der Waals surface area contributed by atoms with Crippen LogP contribution in [0.5, 0.6) is 0 Å². The standard InChI is InChI=1S/C55H33N5O/c1-3-13-34(14-4-1)36-24-28-48-44(32-36)41-17-7-10-20-46(41)59(48)39-26-29-49-45(33-39)42-18-8-11-21-47(42)60(49)55-57-53(35-15-5-2-6-16-35)56-54(58-55)38-23-27-40-37(31-38)25-30-51-52(40)43-19-9-12-22-50(43)61-51/h1-33H. The molecule has 0 saturated carbocycles. The number of furan rings is 1. The average Bonchev–Trinajstić information content (AvgIpc) is 3.99. The Balaban J connectivity index is 1.01. The van der Waals surface area contributed by atoms with Crippen LogP contribution in [-0.2, 0) is 0 Å². The molecule has 0 atom stereocenters. The van der Waals surface area contributed by atoms with Crippen LogP contribution in [0.1, 0.15) is 0 Å². The van der Waals surface area contributed by atoms with E-state index in [0.717, 1.165) is 82.4 Å². The first kappa shape index (κ1) is 33.6. The van der Waals surface area contributed by atoms with Crippen LogP contribution in [0.4, 0.5) is 0 Å². The molecule has 9 aromatic carbocycles. The number of nitrogens with zero attached hydrogens (tertiary/aromatic N) is 5. The van der Waals surface area contributed by atoms with Crippen molar-refractivity contribution in [2.45, 2.75) is 0 Å². The van der Waals surface area contributed by atoms with E-state index in [-0.39, 0.29) is 0 Å². The SMILES string of the molecule is c1ccc(-c2ccc3c(c2)c2ccccc2n3-c2ccc3c(c2)c2ccccc2n3-c2nc(-c3ccccc3)nc(-c3ccc4c(ccc5oc6ccccc6c54)c3)n2)cc1. The van der Waals surface area contributed by atoms with Crippen LogP contribution in [-0.4, -0.2) is 24.1 Å². The van der Waals surface area contributed by atoms with E-state index in [1.807, 2.05) is 30.3 Å². The van der Waals surface area contributed by atoms with Gasteiger partial charge in [-0.05, 0) is 82.6 Å². The Morgan fingerprint density at radius 2 is 0.918 bits per heavy atom. The van der Waals surface area contributed by atoms with E-state index in [2.05, 4.69) is 179 Å². The maximum Gasteiger partial charge on any atom is 0.238 e. The van der Waals surface area contributed by atoms with Gasteiger partial charge in [0.25, 0.3) is 0 Å². The molecule has 6 nitrogen and oxygen atoms in total. The van der Waals surface area contributed by atoms with Gasteiger partial charge >= 0.3 is 0 Å². The van der Waals surface area contributed by atoms with Crippen molar-refractivity contribution >= 4 is 76.3 Å². The number of aromatic nitrogens is 5. The Morgan fingerprint density at radius 1 is 0.328 bits per heavy atom. The molecular weight excluding hydrogens is 747 g/mol. The van der Waals surface area contributed by atoms with E-state index < -0.39 is 0 Å². The predicted octanol–water partition coefficient (Wildman–Crippen LogP) is 14.1. The molecule has 0 aliphatic carbocycles. The summed E-state index contributed by atoms with van der Waals surface area (Å²) >= 11 is 0. The summed E-state index contributed by atoms with van der Waals surface area (Å²) in [4.78, 5) is 15.6. The number of hydrogen-bond donors (Lipinski definition) is 0. The minimum absolute atomic E-state index is 0.560. The fourth-order valence-corrected chi connectivity index (χ4v) is 9.38. The zero-order valence-corrected chi connectivity index (χ0v) is 32.7. The number of hydrogen-bond acceptors (Lipinski definition) is 4. The van der Waals surface area contributed by atoms with Gasteiger partial charge in [-0.2, -0.15) is 9.97 Å². The monoisotopic (exact) mass is 779 g/mol. The fraction of sp³-hybridized carbons (Fsp3) is 0. The van der Waals surface area contributed by atoms with Crippen molar-refractivity contribution in [3.63, 3.8) is 0 Å².